The minimum Gasteiger partial charge on any atom is -0.370 e. The molecule has 0 atom stereocenters. The lowest BCUT2D eigenvalue weighted by molar-refractivity contribution is 0.911. The highest BCUT2D eigenvalue weighted by atomic mass is 32.1. The van der Waals surface area contributed by atoms with Gasteiger partial charge in [0.25, 0.3) is 0 Å². The van der Waals surface area contributed by atoms with Gasteiger partial charge in [0, 0.05) is 29.5 Å². The Morgan fingerprint density at radius 1 is 1.39 bits per heavy atom. The highest BCUT2D eigenvalue weighted by Gasteiger charge is 2.27. The highest BCUT2D eigenvalue weighted by molar-refractivity contribution is 7.08. The van der Waals surface area contributed by atoms with Gasteiger partial charge in [0.05, 0.1) is 5.69 Å². The molecule has 1 fully saturated rings. The fraction of sp³-hybridized carbons (Fsp3) is 0.429. The summed E-state index contributed by atoms with van der Waals surface area (Å²) in [6.45, 7) is 3.12. The SMILES string of the molecule is CCCNc1cc(-c2ccsc2)nc(C2CC2)n1. The fourth-order valence-corrected chi connectivity index (χ4v) is 2.54. The van der Waals surface area contributed by atoms with Crippen LogP contribution < -0.4 is 5.32 Å². The lowest BCUT2D eigenvalue weighted by Gasteiger charge is -2.08. The molecule has 0 saturated heterocycles. The maximum Gasteiger partial charge on any atom is 0.134 e. The summed E-state index contributed by atoms with van der Waals surface area (Å²) in [5.74, 6) is 2.57. The molecule has 2 aromatic rings. The molecule has 1 saturated carbocycles. The molecule has 18 heavy (non-hydrogen) atoms. The first kappa shape index (κ1) is 11.7. The molecule has 3 nitrogen and oxygen atoms in total. The van der Waals surface area contributed by atoms with Crippen molar-refractivity contribution in [2.75, 3.05) is 11.9 Å². The van der Waals surface area contributed by atoms with Gasteiger partial charge in [-0.2, -0.15) is 11.3 Å². The summed E-state index contributed by atoms with van der Waals surface area (Å²) in [5.41, 5.74) is 2.25. The van der Waals surface area contributed by atoms with Crippen molar-refractivity contribution in [2.45, 2.75) is 32.1 Å². The summed E-state index contributed by atoms with van der Waals surface area (Å²) >= 11 is 1.71. The Morgan fingerprint density at radius 3 is 2.94 bits per heavy atom. The first-order valence-electron chi connectivity index (χ1n) is 6.52. The van der Waals surface area contributed by atoms with Gasteiger partial charge in [0.15, 0.2) is 0 Å². The van der Waals surface area contributed by atoms with Crippen LogP contribution in [0.2, 0.25) is 0 Å². The van der Waals surface area contributed by atoms with Crippen molar-refractivity contribution < 1.29 is 0 Å². The van der Waals surface area contributed by atoms with E-state index in [9.17, 15) is 0 Å². The molecule has 2 heterocycles. The minimum atomic E-state index is 0.589. The Hall–Kier alpha value is -1.42. The zero-order chi connectivity index (χ0) is 12.4. The number of nitrogens with one attached hydrogen (secondary N) is 1. The van der Waals surface area contributed by atoms with Gasteiger partial charge < -0.3 is 5.32 Å². The van der Waals surface area contributed by atoms with E-state index in [2.05, 4.69) is 40.1 Å². The maximum atomic E-state index is 4.70. The Morgan fingerprint density at radius 2 is 2.28 bits per heavy atom. The molecule has 1 aliphatic rings. The first-order valence-corrected chi connectivity index (χ1v) is 7.46. The molecule has 0 aliphatic heterocycles. The normalized spacial score (nSPS) is 14.7. The summed E-state index contributed by atoms with van der Waals surface area (Å²) in [5, 5.41) is 7.60. The number of rotatable bonds is 5. The van der Waals surface area contributed by atoms with E-state index in [0.29, 0.717) is 5.92 Å². The summed E-state index contributed by atoms with van der Waals surface area (Å²) in [4.78, 5) is 9.33. The van der Waals surface area contributed by atoms with Crippen LogP contribution in [0.1, 0.15) is 37.9 Å². The molecule has 3 rings (SSSR count). The Labute approximate surface area is 111 Å². The average Bonchev–Trinajstić information content (AvgIpc) is 3.11. The smallest absolute Gasteiger partial charge is 0.134 e. The van der Waals surface area contributed by atoms with Gasteiger partial charge in [-0.15, -0.1) is 0 Å². The van der Waals surface area contributed by atoms with Crippen molar-refractivity contribution >= 4 is 17.2 Å². The van der Waals surface area contributed by atoms with Crippen LogP contribution in [0.25, 0.3) is 11.3 Å². The number of anilines is 1. The molecular formula is C14H17N3S. The zero-order valence-corrected chi connectivity index (χ0v) is 11.3. The van der Waals surface area contributed by atoms with Crippen molar-refractivity contribution in [3.63, 3.8) is 0 Å². The highest BCUT2D eigenvalue weighted by Crippen LogP contribution is 2.39. The zero-order valence-electron chi connectivity index (χ0n) is 10.5. The van der Waals surface area contributed by atoms with E-state index in [1.807, 2.05) is 0 Å². The van der Waals surface area contributed by atoms with E-state index in [1.54, 1.807) is 11.3 Å². The number of hydrogen-bond acceptors (Lipinski definition) is 4. The third-order valence-electron chi connectivity index (χ3n) is 3.06. The van der Waals surface area contributed by atoms with Crippen LogP contribution in [0.15, 0.2) is 22.9 Å². The molecule has 0 spiro atoms. The second-order valence-electron chi connectivity index (χ2n) is 4.71. The van der Waals surface area contributed by atoms with Crippen molar-refractivity contribution in [3.05, 3.63) is 28.7 Å². The number of hydrogen-bond donors (Lipinski definition) is 1. The second kappa shape index (κ2) is 5.06. The van der Waals surface area contributed by atoms with Crippen LogP contribution in [0.3, 0.4) is 0 Å². The summed E-state index contributed by atoms with van der Waals surface area (Å²) in [6, 6.07) is 4.18. The molecule has 1 aliphatic carbocycles. The fourth-order valence-electron chi connectivity index (χ4n) is 1.89. The Bertz CT molecular complexity index is 518. The van der Waals surface area contributed by atoms with Crippen molar-refractivity contribution in [1.29, 1.82) is 0 Å². The van der Waals surface area contributed by atoms with Gasteiger partial charge in [0.1, 0.15) is 11.6 Å². The van der Waals surface area contributed by atoms with E-state index in [1.165, 1.54) is 18.4 Å². The van der Waals surface area contributed by atoms with Crippen molar-refractivity contribution in [2.24, 2.45) is 0 Å². The first-order chi connectivity index (χ1) is 8.86. The molecule has 0 amide bonds. The molecule has 0 bridgehead atoms. The molecule has 0 unspecified atom stereocenters. The number of aromatic nitrogens is 2. The minimum absolute atomic E-state index is 0.589. The van der Waals surface area contributed by atoms with Crippen LogP contribution in [0, 0.1) is 0 Å². The molecule has 1 N–H and O–H groups in total. The van der Waals surface area contributed by atoms with Crippen LogP contribution in [0.5, 0.6) is 0 Å². The van der Waals surface area contributed by atoms with Crippen LogP contribution in [-0.2, 0) is 0 Å². The van der Waals surface area contributed by atoms with Crippen LogP contribution in [0.4, 0.5) is 5.82 Å². The number of thiophene rings is 1. The van der Waals surface area contributed by atoms with Crippen molar-refractivity contribution in [3.8, 4) is 11.3 Å². The average molecular weight is 259 g/mol. The molecule has 0 radical (unpaired) electrons. The molecule has 4 heteroatoms. The quantitative estimate of drug-likeness (QED) is 0.884. The summed E-state index contributed by atoms with van der Waals surface area (Å²) in [6.07, 6.45) is 3.58. The van der Waals surface area contributed by atoms with Gasteiger partial charge in [-0.25, -0.2) is 9.97 Å². The lowest BCUT2D eigenvalue weighted by atomic mass is 10.2. The van der Waals surface area contributed by atoms with Gasteiger partial charge in [-0.3, -0.25) is 0 Å². The summed E-state index contributed by atoms with van der Waals surface area (Å²) < 4.78 is 0. The van der Waals surface area contributed by atoms with Gasteiger partial charge in [0.2, 0.25) is 0 Å². The maximum absolute atomic E-state index is 4.70. The van der Waals surface area contributed by atoms with Crippen molar-refractivity contribution in [1.82, 2.24) is 9.97 Å². The van der Waals surface area contributed by atoms with E-state index >= 15 is 0 Å². The number of nitrogens with zero attached hydrogens (tertiary/aromatic N) is 2. The predicted octanol–water partition coefficient (Wildman–Crippen LogP) is 3.90. The van der Waals surface area contributed by atoms with Crippen LogP contribution in [-0.4, -0.2) is 16.5 Å². The Balaban J connectivity index is 1.94. The predicted molar refractivity (Wildman–Crippen MR) is 76.1 cm³/mol. The molecule has 0 aromatic carbocycles. The van der Waals surface area contributed by atoms with Gasteiger partial charge in [-0.1, -0.05) is 6.92 Å². The monoisotopic (exact) mass is 259 g/mol. The second-order valence-corrected chi connectivity index (χ2v) is 5.49. The third kappa shape index (κ3) is 2.53. The van der Waals surface area contributed by atoms with Gasteiger partial charge >= 0.3 is 0 Å². The molecular weight excluding hydrogens is 242 g/mol. The van der Waals surface area contributed by atoms with Crippen LogP contribution >= 0.6 is 11.3 Å². The van der Waals surface area contributed by atoms with E-state index in [0.717, 1.165) is 30.3 Å². The van der Waals surface area contributed by atoms with Gasteiger partial charge in [-0.05, 0) is 30.7 Å². The van der Waals surface area contributed by atoms with E-state index in [4.69, 9.17) is 4.98 Å². The standard InChI is InChI=1S/C14H17N3S/c1-2-6-15-13-8-12(11-5-7-18-9-11)16-14(17-13)10-3-4-10/h5,7-10H,2-4,6H2,1H3,(H,15,16,17). The van der Waals surface area contributed by atoms with E-state index in [-0.39, 0.29) is 0 Å². The van der Waals surface area contributed by atoms with E-state index < -0.39 is 0 Å². The third-order valence-corrected chi connectivity index (χ3v) is 3.74. The largest absolute Gasteiger partial charge is 0.370 e. The lowest BCUT2D eigenvalue weighted by Crippen LogP contribution is -2.05. The molecule has 94 valence electrons. The Kier molecular flexibility index (Phi) is 3.28. The summed E-state index contributed by atoms with van der Waals surface area (Å²) in [7, 11) is 0. The molecule has 2 aromatic heterocycles. The topological polar surface area (TPSA) is 37.8 Å².